The van der Waals surface area contributed by atoms with Gasteiger partial charge in [0, 0.05) is 17.5 Å². The highest BCUT2D eigenvalue weighted by molar-refractivity contribution is 5.91. The molecule has 2 heteroatoms. The number of rotatable bonds is 4. The molecule has 0 heterocycles. The molecule has 1 unspecified atom stereocenters. The van der Waals surface area contributed by atoms with Crippen molar-refractivity contribution in [1.29, 1.82) is 0 Å². The summed E-state index contributed by atoms with van der Waals surface area (Å²) in [6.07, 6.45) is 10.9. The molecular formula is C21H28N2. The van der Waals surface area contributed by atoms with Crippen molar-refractivity contribution in [3.63, 3.8) is 0 Å². The van der Waals surface area contributed by atoms with Gasteiger partial charge >= 0.3 is 0 Å². The Kier molecular flexibility index (Phi) is 5.00. The van der Waals surface area contributed by atoms with Gasteiger partial charge in [-0.15, -0.1) is 0 Å². The maximum absolute atomic E-state index is 4.55. The van der Waals surface area contributed by atoms with Crippen LogP contribution >= 0.6 is 0 Å². The average Bonchev–Trinajstić information content (AvgIpc) is 2.82. The second-order valence-electron chi connectivity index (χ2n) is 7.02. The quantitative estimate of drug-likeness (QED) is 0.591. The van der Waals surface area contributed by atoms with E-state index in [1.54, 1.807) is 0 Å². The van der Waals surface area contributed by atoms with Crippen molar-refractivity contribution in [3.8, 4) is 0 Å². The van der Waals surface area contributed by atoms with E-state index < -0.39 is 0 Å². The third-order valence-corrected chi connectivity index (χ3v) is 5.30. The van der Waals surface area contributed by atoms with Crippen molar-refractivity contribution < 1.29 is 0 Å². The van der Waals surface area contributed by atoms with E-state index >= 15 is 0 Å². The van der Waals surface area contributed by atoms with Crippen LogP contribution in [0.4, 0.5) is 0 Å². The van der Waals surface area contributed by atoms with Crippen molar-refractivity contribution in [3.05, 3.63) is 52.6 Å². The zero-order valence-corrected chi connectivity index (χ0v) is 14.6. The average molecular weight is 308 g/mol. The molecule has 23 heavy (non-hydrogen) atoms. The lowest BCUT2D eigenvalue weighted by Crippen LogP contribution is -2.26. The van der Waals surface area contributed by atoms with Gasteiger partial charge < -0.3 is 5.43 Å². The summed E-state index contributed by atoms with van der Waals surface area (Å²) in [5.41, 5.74) is 10.2. The fourth-order valence-electron chi connectivity index (χ4n) is 3.86. The van der Waals surface area contributed by atoms with Crippen LogP contribution in [0.15, 0.2) is 46.6 Å². The number of hydrogen-bond donors (Lipinski definition) is 1. The molecule has 0 radical (unpaired) electrons. The molecule has 122 valence electrons. The first-order chi connectivity index (χ1) is 11.2. The molecule has 0 bridgehead atoms. The van der Waals surface area contributed by atoms with Crippen molar-refractivity contribution in [2.75, 3.05) is 0 Å². The number of nitrogens with zero attached hydrogens (tertiary/aromatic N) is 1. The first-order valence-electron chi connectivity index (χ1n) is 8.94. The summed E-state index contributed by atoms with van der Waals surface area (Å²) in [5, 5.41) is 4.55. The maximum Gasteiger partial charge on any atom is 0.0546 e. The van der Waals surface area contributed by atoms with Crippen LogP contribution in [0.3, 0.4) is 0 Å². The number of nitrogens with one attached hydrogen (secondary N) is 1. The van der Waals surface area contributed by atoms with E-state index in [1.807, 2.05) is 6.21 Å². The minimum atomic E-state index is 0.496. The number of hydrazone groups is 1. The lowest BCUT2D eigenvalue weighted by atomic mass is 9.89. The minimum Gasteiger partial charge on any atom is -0.307 e. The zero-order chi connectivity index (χ0) is 16.2. The topological polar surface area (TPSA) is 24.4 Å². The van der Waals surface area contributed by atoms with Crippen LogP contribution in [0.2, 0.25) is 0 Å². The lowest BCUT2D eigenvalue weighted by Gasteiger charge is -2.21. The van der Waals surface area contributed by atoms with Crippen molar-refractivity contribution in [2.24, 2.45) is 11.0 Å². The number of allylic oxidation sites excluding steroid dienone is 4. The van der Waals surface area contributed by atoms with Crippen molar-refractivity contribution in [1.82, 2.24) is 5.43 Å². The van der Waals surface area contributed by atoms with Crippen LogP contribution < -0.4 is 5.43 Å². The summed E-state index contributed by atoms with van der Waals surface area (Å²) in [6.45, 7) is 6.74. The molecule has 0 amide bonds. The van der Waals surface area contributed by atoms with Gasteiger partial charge in [-0.25, -0.2) is 0 Å². The highest BCUT2D eigenvalue weighted by Gasteiger charge is 2.22. The summed E-state index contributed by atoms with van der Waals surface area (Å²) in [6, 6.07) is 9.18. The smallest absolute Gasteiger partial charge is 0.0546 e. The van der Waals surface area contributed by atoms with Crippen LogP contribution in [0.5, 0.6) is 0 Å². The largest absolute Gasteiger partial charge is 0.307 e. The monoisotopic (exact) mass is 308 g/mol. The highest BCUT2D eigenvalue weighted by atomic mass is 15.3. The summed E-state index contributed by atoms with van der Waals surface area (Å²) >= 11 is 0. The summed E-state index contributed by atoms with van der Waals surface area (Å²) in [4.78, 5) is 0. The SMILES string of the molecule is CC1=CC(C)=C(c2ccccc2C=NNC2CCCCC2)C1C. The molecule has 2 aliphatic carbocycles. The maximum atomic E-state index is 4.55. The van der Waals surface area contributed by atoms with Gasteiger partial charge in [0.1, 0.15) is 0 Å². The van der Waals surface area contributed by atoms with Gasteiger partial charge in [-0.05, 0) is 43.4 Å². The van der Waals surface area contributed by atoms with Crippen LogP contribution in [0, 0.1) is 5.92 Å². The second kappa shape index (κ2) is 7.16. The molecule has 1 atom stereocenters. The molecule has 2 nitrogen and oxygen atoms in total. The zero-order valence-electron chi connectivity index (χ0n) is 14.6. The standard InChI is InChI=1S/C21H28N2/c1-15-13-16(2)21(17(15)3)20-12-8-7-9-18(20)14-22-23-19-10-5-4-6-11-19/h7-9,12-14,17,19,23H,4-6,10-11H2,1-3H3. The van der Waals surface area contributed by atoms with Gasteiger partial charge in [0.2, 0.25) is 0 Å². The van der Waals surface area contributed by atoms with E-state index in [2.05, 4.69) is 61.6 Å². The third-order valence-electron chi connectivity index (χ3n) is 5.30. The van der Waals surface area contributed by atoms with Crippen molar-refractivity contribution in [2.45, 2.75) is 58.9 Å². The Labute approximate surface area is 140 Å². The Morgan fingerprint density at radius 3 is 2.52 bits per heavy atom. The first-order valence-corrected chi connectivity index (χ1v) is 8.94. The van der Waals surface area contributed by atoms with Gasteiger partial charge in [-0.1, -0.05) is 62.1 Å². The molecule has 2 aliphatic rings. The van der Waals surface area contributed by atoms with Gasteiger partial charge in [-0.3, -0.25) is 0 Å². The van der Waals surface area contributed by atoms with Crippen molar-refractivity contribution >= 4 is 11.8 Å². The van der Waals surface area contributed by atoms with Crippen LogP contribution in [-0.2, 0) is 0 Å². The Morgan fingerprint density at radius 1 is 1.09 bits per heavy atom. The van der Waals surface area contributed by atoms with Gasteiger partial charge in [0.05, 0.1) is 6.21 Å². The predicted octanol–water partition coefficient (Wildman–Crippen LogP) is 5.31. The van der Waals surface area contributed by atoms with Crippen LogP contribution in [0.1, 0.15) is 64.0 Å². The Bertz CT molecular complexity index is 646. The molecule has 1 fully saturated rings. The molecule has 0 saturated heterocycles. The lowest BCUT2D eigenvalue weighted by molar-refractivity contribution is 0.381. The van der Waals surface area contributed by atoms with Gasteiger partial charge in [-0.2, -0.15) is 5.10 Å². The number of benzene rings is 1. The molecule has 1 aromatic carbocycles. The minimum absolute atomic E-state index is 0.496. The molecule has 0 spiro atoms. The highest BCUT2D eigenvalue weighted by Crippen LogP contribution is 2.38. The Hall–Kier alpha value is -1.83. The predicted molar refractivity (Wildman–Crippen MR) is 99.6 cm³/mol. The van der Waals surface area contributed by atoms with E-state index in [1.165, 1.54) is 60.0 Å². The van der Waals surface area contributed by atoms with E-state index in [0.29, 0.717) is 12.0 Å². The summed E-state index contributed by atoms with van der Waals surface area (Å²) in [5.74, 6) is 0.496. The molecule has 0 aliphatic heterocycles. The fourth-order valence-corrected chi connectivity index (χ4v) is 3.86. The first kappa shape index (κ1) is 16.0. The molecular weight excluding hydrogens is 280 g/mol. The Balaban J connectivity index is 1.77. The summed E-state index contributed by atoms with van der Waals surface area (Å²) < 4.78 is 0. The second-order valence-corrected chi connectivity index (χ2v) is 7.02. The van der Waals surface area contributed by atoms with Crippen LogP contribution in [-0.4, -0.2) is 12.3 Å². The molecule has 0 aromatic heterocycles. The molecule has 1 N–H and O–H groups in total. The van der Waals surface area contributed by atoms with Gasteiger partial charge in [0.25, 0.3) is 0 Å². The molecule has 1 aromatic rings. The number of hydrogen-bond acceptors (Lipinski definition) is 2. The van der Waals surface area contributed by atoms with Crippen LogP contribution in [0.25, 0.3) is 5.57 Å². The normalized spacial score (nSPS) is 22.7. The fraction of sp³-hybridized carbons (Fsp3) is 0.476. The summed E-state index contributed by atoms with van der Waals surface area (Å²) in [7, 11) is 0. The van der Waals surface area contributed by atoms with E-state index in [9.17, 15) is 0 Å². The van der Waals surface area contributed by atoms with Gasteiger partial charge in [0.15, 0.2) is 0 Å². The van der Waals surface area contributed by atoms with E-state index in [4.69, 9.17) is 0 Å². The van der Waals surface area contributed by atoms with E-state index in [0.717, 1.165) is 0 Å². The molecule has 3 rings (SSSR count). The Morgan fingerprint density at radius 2 is 1.83 bits per heavy atom. The third kappa shape index (κ3) is 3.57. The van der Waals surface area contributed by atoms with E-state index in [-0.39, 0.29) is 0 Å². The molecule has 1 saturated carbocycles.